The van der Waals surface area contributed by atoms with E-state index >= 15 is 0 Å². The Labute approximate surface area is 196 Å². The van der Waals surface area contributed by atoms with Crippen LogP contribution in [0, 0.1) is 28.8 Å². The number of benzene rings is 3. The summed E-state index contributed by atoms with van der Waals surface area (Å²) in [4.78, 5) is 0. The number of rotatable bonds is 9. The van der Waals surface area contributed by atoms with Gasteiger partial charge in [-0.3, -0.25) is 0 Å². The molecule has 6 heteroatoms. The lowest BCUT2D eigenvalue weighted by Gasteiger charge is -2.08. The van der Waals surface area contributed by atoms with Crippen LogP contribution in [0.15, 0.2) is 60.4 Å². The minimum absolute atomic E-state index is 0.000783. The highest BCUT2D eigenvalue weighted by Gasteiger charge is 2.13. The molecule has 0 saturated carbocycles. The number of halogens is 5. The van der Waals surface area contributed by atoms with Gasteiger partial charge in [0.2, 0.25) is 0 Å². The first-order valence-electron chi connectivity index (χ1n) is 11.2. The van der Waals surface area contributed by atoms with Gasteiger partial charge in [-0.1, -0.05) is 56.2 Å². The lowest BCUT2D eigenvalue weighted by Crippen LogP contribution is -1.97. The molecule has 0 unspecified atom stereocenters. The van der Waals surface area contributed by atoms with Crippen molar-refractivity contribution in [3.05, 3.63) is 100 Å². The maximum Gasteiger partial charge on any atom is 0.161 e. The second-order valence-electron chi connectivity index (χ2n) is 8.11. The molecule has 34 heavy (non-hydrogen) atoms. The van der Waals surface area contributed by atoms with Crippen LogP contribution < -0.4 is 0 Å². The number of nitriles is 1. The summed E-state index contributed by atoms with van der Waals surface area (Å²) in [5.74, 6) is -4.33. The Bertz CT molecular complexity index is 1200. The van der Waals surface area contributed by atoms with Crippen LogP contribution in [0.5, 0.6) is 0 Å². The number of allylic oxidation sites excluding steroid dienone is 1. The molecule has 0 saturated heterocycles. The minimum Gasteiger partial charge on any atom is -0.209 e. The molecule has 1 nitrogen and oxygen atoms in total. The third kappa shape index (κ3) is 6.11. The lowest BCUT2D eigenvalue weighted by atomic mass is 9.98. The van der Waals surface area contributed by atoms with Crippen molar-refractivity contribution < 1.29 is 22.0 Å². The molecule has 0 fully saturated rings. The van der Waals surface area contributed by atoms with E-state index in [1.54, 1.807) is 24.3 Å². The van der Waals surface area contributed by atoms with Crippen molar-refractivity contribution >= 4 is 5.83 Å². The lowest BCUT2D eigenvalue weighted by molar-refractivity contribution is 0.540. The second-order valence-corrected chi connectivity index (χ2v) is 8.11. The SMILES string of the molecule is CCCCC/C(F)=C(\F)c1ccc(CCc2ccc(-c3cc(F)c(C#N)c(F)c3)cc2)c(F)c1. The summed E-state index contributed by atoms with van der Waals surface area (Å²) >= 11 is 0. The first kappa shape index (κ1) is 25.2. The summed E-state index contributed by atoms with van der Waals surface area (Å²) < 4.78 is 70.5. The van der Waals surface area contributed by atoms with E-state index in [4.69, 9.17) is 5.26 Å². The molecule has 0 spiro atoms. The van der Waals surface area contributed by atoms with Gasteiger partial charge in [0.25, 0.3) is 0 Å². The molecule has 0 heterocycles. The molecule has 0 aromatic heterocycles. The fourth-order valence-electron chi connectivity index (χ4n) is 3.67. The highest BCUT2D eigenvalue weighted by Crippen LogP contribution is 2.28. The Morgan fingerprint density at radius 2 is 1.47 bits per heavy atom. The number of unbranched alkanes of at least 4 members (excludes halogenated alkanes) is 2. The fraction of sp³-hybridized carbons (Fsp3) is 0.250. The highest BCUT2D eigenvalue weighted by molar-refractivity contribution is 5.65. The predicted molar refractivity (Wildman–Crippen MR) is 124 cm³/mol. The van der Waals surface area contributed by atoms with Crippen LogP contribution in [-0.4, -0.2) is 0 Å². The van der Waals surface area contributed by atoms with E-state index in [0.717, 1.165) is 36.6 Å². The molecule has 176 valence electrons. The minimum atomic E-state index is -1.02. The standard InChI is InChI=1S/C28H24F5N/c1-2-3-4-5-24(29)28(33)21-13-12-20(25(30)14-21)11-8-18-6-9-19(10-7-18)22-15-26(31)23(17-34)27(32)16-22/h6-7,9-10,12-16H,2-5,8,11H2,1H3/b28-24+. The van der Waals surface area contributed by atoms with Crippen molar-refractivity contribution in [1.29, 1.82) is 5.26 Å². The Morgan fingerprint density at radius 3 is 2.06 bits per heavy atom. The molecular formula is C28H24F5N. The van der Waals surface area contributed by atoms with E-state index in [2.05, 4.69) is 0 Å². The first-order valence-corrected chi connectivity index (χ1v) is 11.2. The van der Waals surface area contributed by atoms with Gasteiger partial charge in [0, 0.05) is 12.0 Å². The third-order valence-electron chi connectivity index (χ3n) is 5.67. The van der Waals surface area contributed by atoms with Crippen molar-refractivity contribution in [3.63, 3.8) is 0 Å². The third-order valence-corrected chi connectivity index (χ3v) is 5.67. The van der Waals surface area contributed by atoms with E-state index in [0.29, 0.717) is 36.0 Å². The van der Waals surface area contributed by atoms with Gasteiger partial charge in [0.05, 0.1) is 0 Å². The quantitative estimate of drug-likeness (QED) is 0.227. The molecule has 0 N–H and O–H groups in total. The first-order chi connectivity index (χ1) is 16.3. The fourth-order valence-corrected chi connectivity index (χ4v) is 3.67. The van der Waals surface area contributed by atoms with Gasteiger partial charge >= 0.3 is 0 Å². The zero-order chi connectivity index (χ0) is 24.7. The number of hydrogen-bond donors (Lipinski definition) is 0. The van der Waals surface area contributed by atoms with Crippen molar-refractivity contribution in [2.24, 2.45) is 0 Å². The smallest absolute Gasteiger partial charge is 0.161 e. The van der Waals surface area contributed by atoms with Crippen LogP contribution in [-0.2, 0) is 12.8 Å². The van der Waals surface area contributed by atoms with Crippen LogP contribution in [0.3, 0.4) is 0 Å². The summed E-state index contributed by atoms with van der Waals surface area (Å²) in [7, 11) is 0. The predicted octanol–water partition coefficient (Wildman–Crippen LogP) is 8.62. The van der Waals surface area contributed by atoms with E-state index < -0.39 is 34.7 Å². The van der Waals surface area contributed by atoms with Gasteiger partial charge in [-0.05, 0) is 59.7 Å². The largest absolute Gasteiger partial charge is 0.209 e. The van der Waals surface area contributed by atoms with Gasteiger partial charge in [-0.15, -0.1) is 0 Å². The highest BCUT2D eigenvalue weighted by atomic mass is 19.2. The van der Waals surface area contributed by atoms with Crippen LogP contribution in [0.1, 0.15) is 54.9 Å². The summed E-state index contributed by atoms with van der Waals surface area (Å²) in [6.45, 7) is 1.97. The van der Waals surface area contributed by atoms with E-state index in [1.165, 1.54) is 18.2 Å². The Morgan fingerprint density at radius 1 is 0.794 bits per heavy atom. The second kappa shape index (κ2) is 11.6. The van der Waals surface area contributed by atoms with Gasteiger partial charge in [-0.2, -0.15) is 5.26 Å². The molecular weight excluding hydrogens is 445 g/mol. The van der Waals surface area contributed by atoms with Gasteiger partial charge in [0.15, 0.2) is 5.83 Å². The van der Waals surface area contributed by atoms with Crippen molar-refractivity contribution in [2.75, 3.05) is 0 Å². The summed E-state index contributed by atoms with van der Waals surface area (Å²) in [5, 5.41) is 8.78. The Hall–Kier alpha value is -3.46. The normalized spacial score (nSPS) is 11.8. The molecule has 0 aliphatic rings. The monoisotopic (exact) mass is 469 g/mol. The molecule has 0 radical (unpaired) electrons. The van der Waals surface area contributed by atoms with E-state index in [9.17, 15) is 22.0 Å². The maximum atomic E-state index is 14.5. The molecule has 0 aliphatic carbocycles. The van der Waals surface area contributed by atoms with Crippen LogP contribution >= 0.6 is 0 Å². The zero-order valence-corrected chi connectivity index (χ0v) is 18.8. The van der Waals surface area contributed by atoms with E-state index in [-0.39, 0.29) is 12.0 Å². The van der Waals surface area contributed by atoms with E-state index in [1.807, 2.05) is 6.92 Å². The van der Waals surface area contributed by atoms with Gasteiger partial charge < -0.3 is 0 Å². The Kier molecular flexibility index (Phi) is 8.59. The average molecular weight is 469 g/mol. The molecule has 3 rings (SSSR count). The number of hydrogen-bond acceptors (Lipinski definition) is 1. The molecule has 0 atom stereocenters. The molecule has 3 aromatic carbocycles. The molecule has 3 aromatic rings. The average Bonchev–Trinajstić information content (AvgIpc) is 2.83. The number of nitrogens with zero attached hydrogens (tertiary/aromatic N) is 1. The van der Waals surface area contributed by atoms with Gasteiger partial charge in [-0.25, -0.2) is 22.0 Å². The van der Waals surface area contributed by atoms with Crippen LogP contribution in [0.2, 0.25) is 0 Å². The summed E-state index contributed by atoms with van der Waals surface area (Å²) in [5.41, 5.74) is 1.40. The maximum absolute atomic E-state index is 14.5. The van der Waals surface area contributed by atoms with Crippen LogP contribution in [0.25, 0.3) is 17.0 Å². The van der Waals surface area contributed by atoms with Crippen molar-refractivity contribution in [2.45, 2.75) is 45.4 Å². The summed E-state index contributed by atoms with van der Waals surface area (Å²) in [6.07, 6.45) is 3.07. The van der Waals surface area contributed by atoms with Gasteiger partial charge in [0.1, 0.15) is 34.9 Å². The van der Waals surface area contributed by atoms with Crippen molar-refractivity contribution in [1.82, 2.24) is 0 Å². The van der Waals surface area contributed by atoms with Crippen molar-refractivity contribution in [3.8, 4) is 17.2 Å². The number of aryl methyl sites for hydroxylation is 2. The Balaban J connectivity index is 1.67. The molecule has 0 bridgehead atoms. The topological polar surface area (TPSA) is 23.8 Å². The molecule has 0 aliphatic heterocycles. The summed E-state index contributed by atoms with van der Waals surface area (Å²) in [6, 6.07) is 14.5. The van der Waals surface area contributed by atoms with Crippen LogP contribution in [0.4, 0.5) is 22.0 Å². The zero-order valence-electron chi connectivity index (χ0n) is 18.8. The molecule has 0 amide bonds.